The standard InChI is InChI=1S/C21H21FN2O/c1-16-12-19(9-10-20(16)22)14-23-13-17-5-7-18(8-6-17)15-24-11-3-2-4-21(24)25/h2-12,23H,13-15H2,1H3. The lowest BCUT2D eigenvalue weighted by molar-refractivity contribution is 0.615. The molecule has 2 aromatic carbocycles. The Morgan fingerprint density at radius 2 is 1.60 bits per heavy atom. The largest absolute Gasteiger partial charge is 0.311 e. The van der Waals surface area contributed by atoms with E-state index in [1.165, 1.54) is 11.6 Å². The summed E-state index contributed by atoms with van der Waals surface area (Å²) in [7, 11) is 0. The van der Waals surface area contributed by atoms with E-state index in [0.717, 1.165) is 17.7 Å². The molecule has 1 heterocycles. The predicted molar refractivity (Wildman–Crippen MR) is 97.9 cm³/mol. The minimum absolute atomic E-state index is 0.00262. The first-order valence-corrected chi connectivity index (χ1v) is 8.31. The van der Waals surface area contributed by atoms with E-state index in [1.54, 1.807) is 35.9 Å². The molecule has 1 N–H and O–H groups in total. The molecule has 0 spiro atoms. The smallest absolute Gasteiger partial charge is 0.250 e. The third-order valence-corrected chi connectivity index (χ3v) is 4.16. The molecule has 0 atom stereocenters. The number of halogens is 1. The van der Waals surface area contributed by atoms with Gasteiger partial charge in [-0.15, -0.1) is 0 Å². The monoisotopic (exact) mass is 336 g/mol. The Labute approximate surface area is 146 Å². The molecule has 4 heteroatoms. The van der Waals surface area contributed by atoms with Gasteiger partial charge in [-0.3, -0.25) is 4.79 Å². The first kappa shape index (κ1) is 17.1. The van der Waals surface area contributed by atoms with Crippen LogP contribution in [0.3, 0.4) is 0 Å². The van der Waals surface area contributed by atoms with Crippen molar-refractivity contribution in [1.29, 1.82) is 0 Å². The highest BCUT2D eigenvalue weighted by Crippen LogP contribution is 2.10. The number of aromatic nitrogens is 1. The zero-order valence-corrected chi connectivity index (χ0v) is 14.2. The van der Waals surface area contributed by atoms with E-state index in [4.69, 9.17) is 0 Å². The second kappa shape index (κ2) is 7.90. The molecule has 128 valence electrons. The van der Waals surface area contributed by atoms with Crippen molar-refractivity contribution in [2.45, 2.75) is 26.6 Å². The van der Waals surface area contributed by atoms with E-state index in [9.17, 15) is 9.18 Å². The maximum atomic E-state index is 13.3. The van der Waals surface area contributed by atoms with Crippen LogP contribution in [0, 0.1) is 12.7 Å². The molecule has 0 saturated heterocycles. The molecule has 0 aliphatic carbocycles. The summed E-state index contributed by atoms with van der Waals surface area (Å²) in [6.07, 6.45) is 1.79. The molecule has 3 nitrogen and oxygen atoms in total. The van der Waals surface area contributed by atoms with Crippen molar-refractivity contribution in [3.05, 3.63) is 105 Å². The van der Waals surface area contributed by atoms with Gasteiger partial charge in [0.15, 0.2) is 0 Å². The molecule has 0 radical (unpaired) electrons. The highest BCUT2D eigenvalue weighted by atomic mass is 19.1. The van der Waals surface area contributed by atoms with E-state index in [0.29, 0.717) is 18.7 Å². The summed E-state index contributed by atoms with van der Waals surface area (Å²) < 4.78 is 14.9. The van der Waals surface area contributed by atoms with Crippen LogP contribution in [0.1, 0.15) is 22.3 Å². The molecule has 0 unspecified atom stereocenters. The van der Waals surface area contributed by atoms with Crippen molar-refractivity contribution < 1.29 is 4.39 Å². The van der Waals surface area contributed by atoms with Gasteiger partial charge in [0, 0.05) is 25.4 Å². The van der Waals surface area contributed by atoms with Crippen molar-refractivity contribution in [2.24, 2.45) is 0 Å². The average Bonchev–Trinajstić information content (AvgIpc) is 2.61. The summed E-state index contributed by atoms with van der Waals surface area (Å²) in [6, 6.07) is 18.5. The maximum absolute atomic E-state index is 13.3. The van der Waals surface area contributed by atoms with E-state index in [-0.39, 0.29) is 11.4 Å². The molecule has 0 saturated carbocycles. The molecule has 3 rings (SSSR count). The highest BCUT2D eigenvalue weighted by Gasteiger charge is 2.01. The minimum Gasteiger partial charge on any atom is -0.311 e. The first-order chi connectivity index (χ1) is 12.1. The number of rotatable bonds is 6. The van der Waals surface area contributed by atoms with Crippen LogP contribution in [0.2, 0.25) is 0 Å². The van der Waals surface area contributed by atoms with Crippen molar-refractivity contribution >= 4 is 0 Å². The van der Waals surface area contributed by atoms with Crippen LogP contribution in [0.25, 0.3) is 0 Å². The molecule has 0 amide bonds. The Hall–Kier alpha value is -2.72. The lowest BCUT2D eigenvalue weighted by Gasteiger charge is -2.08. The van der Waals surface area contributed by atoms with Gasteiger partial charge in [-0.1, -0.05) is 42.5 Å². The number of pyridine rings is 1. The predicted octanol–water partition coefficient (Wildman–Crippen LogP) is 3.63. The van der Waals surface area contributed by atoms with E-state index in [2.05, 4.69) is 17.4 Å². The normalized spacial score (nSPS) is 10.8. The summed E-state index contributed by atoms with van der Waals surface area (Å²) in [5.74, 6) is -0.170. The molecule has 25 heavy (non-hydrogen) atoms. The molecular formula is C21H21FN2O. The van der Waals surface area contributed by atoms with Crippen LogP contribution in [0.4, 0.5) is 4.39 Å². The van der Waals surface area contributed by atoms with Gasteiger partial charge >= 0.3 is 0 Å². The van der Waals surface area contributed by atoms with Gasteiger partial charge in [-0.25, -0.2) is 4.39 Å². The second-order valence-corrected chi connectivity index (χ2v) is 6.17. The number of nitrogens with one attached hydrogen (secondary N) is 1. The van der Waals surface area contributed by atoms with E-state index in [1.807, 2.05) is 24.3 Å². The molecule has 0 aliphatic rings. The van der Waals surface area contributed by atoms with Crippen LogP contribution < -0.4 is 10.9 Å². The number of benzene rings is 2. The van der Waals surface area contributed by atoms with Crippen LogP contribution >= 0.6 is 0 Å². The summed E-state index contributed by atoms with van der Waals surface area (Å²) in [5.41, 5.74) is 4.00. The lowest BCUT2D eigenvalue weighted by atomic mass is 10.1. The highest BCUT2D eigenvalue weighted by molar-refractivity contribution is 5.25. The van der Waals surface area contributed by atoms with Gasteiger partial charge in [0.05, 0.1) is 6.54 Å². The minimum atomic E-state index is -0.170. The Balaban J connectivity index is 1.55. The number of nitrogens with zero attached hydrogens (tertiary/aromatic N) is 1. The third kappa shape index (κ3) is 4.64. The molecule has 0 fully saturated rings. The Morgan fingerprint density at radius 3 is 2.32 bits per heavy atom. The quantitative estimate of drug-likeness (QED) is 0.746. The van der Waals surface area contributed by atoms with Gasteiger partial charge in [-0.05, 0) is 41.3 Å². The third-order valence-electron chi connectivity index (χ3n) is 4.16. The number of aryl methyl sites for hydroxylation is 1. The summed E-state index contributed by atoms with van der Waals surface area (Å²) in [6.45, 7) is 3.78. The van der Waals surface area contributed by atoms with Gasteiger partial charge in [0.1, 0.15) is 5.82 Å². The van der Waals surface area contributed by atoms with E-state index < -0.39 is 0 Å². The number of hydrogen-bond donors (Lipinski definition) is 1. The van der Waals surface area contributed by atoms with E-state index >= 15 is 0 Å². The first-order valence-electron chi connectivity index (χ1n) is 8.31. The van der Waals surface area contributed by atoms with Crippen LogP contribution in [-0.2, 0) is 19.6 Å². The zero-order chi connectivity index (χ0) is 17.6. The van der Waals surface area contributed by atoms with Crippen molar-refractivity contribution in [1.82, 2.24) is 9.88 Å². The maximum Gasteiger partial charge on any atom is 0.250 e. The van der Waals surface area contributed by atoms with Gasteiger partial charge < -0.3 is 9.88 Å². The van der Waals surface area contributed by atoms with Crippen LogP contribution in [0.15, 0.2) is 71.7 Å². The van der Waals surface area contributed by atoms with Crippen molar-refractivity contribution in [3.8, 4) is 0 Å². The number of hydrogen-bond acceptors (Lipinski definition) is 2. The lowest BCUT2D eigenvalue weighted by Crippen LogP contribution is -2.18. The average molecular weight is 336 g/mol. The fraction of sp³-hybridized carbons (Fsp3) is 0.190. The molecule has 3 aromatic rings. The second-order valence-electron chi connectivity index (χ2n) is 6.17. The molecule has 0 bridgehead atoms. The topological polar surface area (TPSA) is 34.0 Å². The Morgan fingerprint density at radius 1 is 0.920 bits per heavy atom. The van der Waals surface area contributed by atoms with Crippen molar-refractivity contribution in [2.75, 3.05) is 0 Å². The Kier molecular flexibility index (Phi) is 5.41. The molecule has 1 aromatic heterocycles. The Bertz CT molecular complexity index is 900. The summed E-state index contributed by atoms with van der Waals surface area (Å²) in [5, 5.41) is 3.37. The fourth-order valence-corrected chi connectivity index (χ4v) is 2.72. The molecular weight excluding hydrogens is 315 g/mol. The van der Waals surface area contributed by atoms with Crippen LogP contribution in [-0.4, -0.2) is 4.57 Å². The SMILES string of the molecule is Cc1cc(CNCc2ccc(Cn3ccccc3=O)cc2)ccc1F. The van der Waals surface area contributed by atoms with Gasteiger partial charge in [-0.2, -0.15) is 0 Å². The zero-order valence-electron chi connectivity index (χ0n) is 14.2. The van der Waals surface area contributed by atoms with Gasteiger partial charge in [0.25, 0.3) is 5.56 Å². The van der Waals surface area contributed by atoms with Crippen molar-refractivity contribution in [3.63, 3.8) is 0 Å². The van der Waals surface area contributed by atoms with Crippen LogP contribution in [0.5, 0.6) is 0 Å². The van der Waals surface area contributed by atoms with Gasteiger partial charge in [0.2, 0.25) is 0 Å². The molecule has 0 aliphatic heterocycles. The summed E-state index contributed by atoms with van der Waals surface area (Å²) in [4.78, 5) is 11.7. The summed E-state index contributed by atoms with van der Waals surface area (Å²) >= 11 is 0. The fourth-order valence-electron chi connectivity index (χ4n) is 2.72.